The molecule has 0 saturated carbocycles. The number of hydrogen-bond acceptors (Lipinski definition) is 4. The summed E-state index contributed by atoms with van der Waals surface area (Å²) in [7, 11) is 0. The summed E-state index contributed by atoms with van der Waals surface area (Å²) in [6.45, 7) is 6.19. The van der Waals surface area contributed by atoms with E-state index in [-0.39, 0.29) is 0 Å². The molecule has 0 aromatic heterocycles. The lowest BCUT2D eigenvalue weighted by atomic mass is 10.2. The number of anilines is 1. The van der Waals surface area contributed by atoms with E-state index in [4.69, 9.17) is 5.26 Å². The van der Waals surface area contributed by atoms with Gasteiger partial charge >= 0.3 is 0 Å². The van der Waals surface area contributed by atoms with Crippen LogP contribution in [0.3, 0.4) is 0 Å². The molecule has 1 rings (SSSR count). The van der Waals surface area contributed by atoms with Crippen molar-refractivity contribution in [2.24, 2.45) is 4.99 Å². The summed E-state index contributed by atoms with van der Waals surface area (Å²) in [4.78, 5) is 6.66. The van der Waals surface area contributed by atoms with Crippen LogP contribution in [0, 0.1) is 11.5 Å². The van der Waals surface area contributed by atoms with Gasteiger partial charge in [0.25, 0.3) is 0 Å². The monoisotopic (exact) mass is 262 g/mol. The van der Waals surface area contributed by atoms with Gasteiger partial charge in [-0.25, -0.2) is 4.99 Å². The molecule has 0 bridgehead atoms. The van der Waals surface area contributed by atoms with Crippen molar-refractivity contribution in [2.45, 2.75) is 13.8 Å². The lowest BCUT2D eigenvalue weighted by Crippen LogP contribution is -2.21. The number of amidine groups is 1. The van der Waals surface area contributed by atoms with E-state index in [0.717, 1.165) is 24.5 Å². The van der Waals surface area contributed by atoms with Gasteiger partial charge in [-0.3, -0.25) is 5.32 Å². The number of nitrogens with one attached hydrogen (secondary N) is 1. The second kappa shape index (κ2) is 7.62. The number of thioether (sulfide) groups is 1. The molecule has 1 aromatic rings. The average Bonchev–Trinajstić information content (AvgIpc) is 2.40. The summed E-state index contributed by atoms with van der Waals surface area (Å²) in [5.41, 5.74) is 2.00. The van der Waals surface area contributed by atoms with Crippen LogP contribution in [0.2, 0.25) is 0 Å². The van der Waals surface area contributed by atoms with Crippen molar-refractivity contribution in [3.8, 4) is 6.19 Å². The molecular weight excluding hydrogens is 244 g/mol. The summed E-state index contributed by atoms with van der Waals surface area (Å²) in [6, 6.07) is 8.02. The Balaban J connectivity index is 2.98. The second-order valence-corrected chi connectivity index (χ2v) is 4.34. The van der Waals surface area contributed by atoms with Gasteiger partial charge in [0.2, 0.25) is 0 Å². The number of benzene rings is 1. The van der Waals surface area contributed by atoms with Crippen molar-refractivity contribution in [3.05, 3.63) is 24.3 Å². The highest BCUT2D eigenvalue weighted by molar-refractivity contribution is 8.13. The first-order chi connectivity index (χ1) is 8.74. The Morgan fingerprint density at radius 3 is 2.72 bits per heavy atom. The lowest BCUT2D eigenvalue weighted by molar-refractivity contribution is 0.866. The first kappa shape index (κ1) is 14.4. The summed E-state index contributed by atoms with van der Waals surface area (Å²) in [5.74, 6) is 0. The summed E-state index contributed by atoms with van der Waals surface area (Å²) < 4.78 is 0. The molecule has 0 radical (unpaired) electrons. The van der Waals surface area contributed by atoms with Crippen molar-refractivity contribution in [3.63, 3.8) is 0 Å². The van der Waals surface area contributed by atoms with E-state index in [9.17, 15) is 0 Å². The van der Waals surface area contributed by atoms with Gasteiger partial charge < -0.3 is 4.90 Å². The van der Waals surface area contributed by atoms with Crippen LogP contribution in [0.5, 0.6) is 0 Å². The molecule has 1 aromatic carbocycles. The van der Waals surface area contributed by atoms with Gasteiger partial charge in [0.05, 0.1) is 5.69 Å². The van der Waals surface area contributed by atoms with E-state index in [1.54, 1.807) is 0 Å². The van der Waals surface area contributed by atoms with Crippen LogP contribution in [-0.2, 0) is 0 Å². The molecule has 0 spiro atoms. The number of hydrogen-bond donors (Lipinski definition) is 1. The first-order valence-corrected chi connectivity index (χ1v) is 7.10. The predicted octanol–water partition coefficient (Wildman–Crippen LogP) is 2.95. The van der Waals surface area contributed by atoms with Gasteiger partial charge in [0.15, 0.2) is 11.4 Å². The van der Waals surface area contributed by atoms with E-state index >= 15 is 0 Å². The number of aliphatic imine (C=N–C) groups is 1. The molecule has 0 unspecified atom stereocenters. The average molecular weight is 262 g/mol. The quantitative estimate of drug-likeness (QED) is 0.392. The summed E-state index contributed by atoms with van der Waals surface area (Å²) >= 11 is 1.42. The molecule has 0 amide bonds. The zero-order valence-electron chi connectivity index (χ0n) is 11.0. The minimum absolute atomic E-state index is 0.606. The van der Waals surface area contributed by atoms with Crippen LogP contribution >= 0.6 is 11.8 Å². The normalized spacial score (nSPS) is 10.9. The standard InChI is InChI=1S/C13H18N4S/c1-4-17(5-2)12-8-6-7-11(9-12)16-13(18-3)15-10-14/h6-9H,4-5H2,1-3H3,(H,15,16). The molecule has 0 atom stereocenters. The van der Waals surface area contributed by atoms with E-state index in [2.05, 4.69) is 35.1 Å². The highest BCUT2D eigenvalue weighted by Crippen LogP contribution is 2.22. The van der Waals surface area contributed by atoms with Gasteiger partial charge in [-0.2, -0.15) is 5.26 Å². The molecule has 1 N–H and O–H groups in total. The van der Waals surface area contributed by atoms with E-state index in [1.807, 2.05) is 30.6 Å². The molecule has 0 aliphatic heterocycles. The Labute approximate surface area is 113 Å². The Bertz CT molecular complexity index is 447. The molecule has 18 heavy (non-hydrogen) atoms. The topological polar surface area (TPSA) is 51.4 Å². The van der Waals surface area contributed by atoms with Crippen LogP contribution < -0.4 is 10.2 Å². The molecule has 0 heterocycles. The van der Waals surface area contributed by atoms with Crippen molar-refractivity contribution in [2.75, 3.05) is 24.2 Å². The highest BCUT2D eigenvalue weighted by atomic mass is 32.2. The van der Waals surface area contributed by atoms with E-state index < -0.39 is 0 Å². The van der Waals surface area contributed by atoms with Gasteiger partial charge in [-0.1, -0.05) is 17.8 Å². The Morgan fingerprint density at radius 1 is 1.44 bits per heavy atom. The predicted molar refractivity (Wildman–Crippen MR) is 79.4 cm³/mol. The Hall–Kier alpha value is -1.67. The van der Waals surface area contributed by atoms with Crippen LogP contribution in [0.25, 0.3) is 0 Å². The molecule has 5 heteroatoms. The first-order valence-electron chi connectivity index (χ1n) is 5.87. The summed E-state index contributed by atoms with van der Waals surface area (Å²) in [5, 5.41) is 11.8. The fraction of sp³-hybridized carbons (Fsp3) is 0.385. The Kier molecular flexibility index (Phi) is 6.09. The SMILES string of the molecule is CCN(CC)c1cccc(N=C(NC#N)SC)c1. The van der Waals surface area contributed by atoms with Crippen molar-refractivity contribution >= 4 is 28.3 Å². The largest absolute Gasteiger partial charge is 0.372 e. The van der Waals surface area contributed by atoms with E-state index in [0.29, 0.717) is 5.17 Å². The Morgan fingerprint density at radius 2 is 2.17 bits per heavy atom. The van der Waals surface area contributed by atoms with Crippen molar-refractivity contribution in [1.82, 2.24) is 5.32 Å². The molecule has 0 aliphatic rings. The second-order valence-electron chi connectivity index (χ2n) is 3.55. The molecule has 0 fully saturated rings. The minimum Gasteiger partial charge on any atom is -0.372 e. The fourth-order valence-corrected chi connectivity index (χ4v) is 1.98. The molecule has 0 aliphatic carbocycles. The fourth-order valence-electron chi connectivity index (χ4n) is 1.64. The third-order valence-corrected chi connectivity index (χ3v) is 3.13. The minimum atomic E-state index is 0.606. The van der Waals surface area contributed by atoms with E-state index in [1.165, 1.54) is 11.8 Å². The lowest BCUT2D eigenvalue weighted by Gasteiger charge is -2.21. The zero-order chi connectivity index (χ0) is 13.4. The number of nitrogens with zero attached hydrogens (tertiary/aromatic N) is 3. The third kappa shape index (κ3) is 3.97. The maximum absolute atomic E-state index is 8.60. The zero-order valence-corrected chi connectivity index (χ0v) is 11.8. The van der Waals surface area contributed by atoms with Crippen LogP contribution in [0.15, 0.2) is 29.3 Å². The third-order valence-electron chi connectivity index (χ3n) is 2.55. The molecule has 4 nitrogen and oxygen atoms in total. The smallest absolute Gasteiger partial charge is 0.183 e. The van der Waals surface area contributed by atoms with Gasteiger partial charge in [0, 0.05) is 18.8 Å². The van der Waals surface area contributed by atoms with Gasteiger partial charge in [-0.15, -0.1) is 0 Å². The number of rotatable bonds is 4. The molecule has 0 saturated heterocycles. The van der Waals surface area contributed by atoms with Crippen molar-refractivity contribution in [1.29, 1.82) is 5.26 Å². The maximum Gasteiger partial charge on any atom is 0.183 e. The maximum atomic E-state index is 8.60. The molecular formula is C13H18N4S. The van der Waals surface area contributed by atoms with Crippen LogP contribution in [0.4, 0.5) is 11.4 Å². The summed E-state index contributed by atoms with van der Waals surface area (Å²) in [6.07, 6.45) is 3.77. The number of nitriles is 1. The van der Waals surface area contributed by atoms with Crippen LogP contribution in [0.1, 0.15) is 13.8 Å². The van der Waals surface area contributed by atoms with Gasteiger partial charge in [-0.05, 0) is 38.3 Å². The highest BCUT2D eigenvalue weighted by Gasteiger charge is 2.03. The van der Waals surface area contributed by atoms with Crippen LogP contribution in [-0.4, -0.2) is 24.5 Å². The van der Waals surface area contributed by atoms with Crippen molar-refractivity contribution < 1.29 is 0 Å². The van der Waals surface area contributed by atoms with Gasteiger partial charge in [0.1, 0.15) is 0 Å². The molecule has 96 valence electrons.